The van der Waals surface area contributed by atoms with Crippen molar-refractivity contribution in [1.29, 1.82) is 0 Å². The number of rotatable bonds is 2. The molecular weight excluding hydrogens is 282 g/mol. The normalized spacial score (nSPS) is 20.1. The lowest BCUT2D eigenvalue weighted by atomic mass is 10.2. The first kappa shape index (κ1) is 12.3. The predicted octanol–water partition coefficient (Wildman–Crippen LogP) is 2.06. The number of halogens is 1. The number of aliphatic hydroxyl groups is 1. The van der Waals surface area contributed by atoms with E-state index in [4.69, 9.17) is 0 Å². The summed E-state index contributed by atoms with van der Waals surface area (Å²) >= 11 is 3.36. The molecule has 17 heavy (non-hydrogen) atoms. The zero-order chi connectivity index (χ0) is 12.3. The Morgan fingerprint density at radius 3 is 2.71 bits per heavy atom. The van der Waals surface area contributed by atoms with Crippen LogP contribution < -0.4 is 0 Å². The second kappa shape index (κ2) is 5.47. The molecule has 0 bridgehead atoms. The second-order valence-electron chi connectivity index (χ2n) is 4.11. The molecule has 1 aliphatic heterocycles. The molecule has 0 unspecified atom stereocenters. The molecule has 1 atom stereocenters. The molecular formula is C13H14BrNO2. The molecule has 1 heterocycles. The van der Waals surface area contributed by atoms with E-state index >= 15 is 0 Å². The Balaban J connectivity index is 1.96. The summed E-state index contributed by atoms with van der Waals surface area (Å²) in [6.45, 7) is 1.09. The fourth-order valence-corrected chi connectivity index (χ4v) is 2.05. The van der Waals surface area contributed by atoms with Gasteiger partial charge in [-0.1, -0.05) is 28.1 Å². The van der Waals surface area contributed by atoms with Crippen molar-refractivity contribution >= 4 is 27.9 Å². The summed E-state index contributed by atoms with van der Waals surface area (Å²) < 4.78 is 1.02. The average molecular weight is 296 g/mol. The third kappa shape index (κ3) is 3.41. The van der Waals surface area contributed by atoms with Crippen LogP contribution in [0.4, 0.5) is 0 Å². The molecule has 0 spiro atoms. The van der Waals surface area contributed by atoms with Gasteiger partial charge in [-0.2, -0.15) is 0 Å². The van der Waals surface area contributed by atoms with Crippen molar-refractivity contribution in [1.82, 2.24) is 4.90 Å². The largest absolute Gasteiger partial charge is 0.391 e. The zero-order valence-corrected chi connectivity index (χ0v) is 10.9. The van der Waals surface area contributed by atoms with Crippen molar-refractivity contribution < 1.29 is 9.90 Å². The minimum absolute atomic E-state index is 0.0375. The van der Waals surface area contributed by atoms with Gasteiger partial charge in [0.05, 0.1) is 6.10 Å². The number of hydrogen-bond acceptors (Lipinski definition) is 2. The summed E-state index contributed by atoms with van der Waals surface area (Å²) in [5.41, 5.74) is 0.987. The quantitative estimate of drug-likeness (QED) is 0.849. The molecule has 1 aromatic carbocycles. The van der Waals surface area contributed by atoms with Crippen molar-refractivity contribution in [3.8, 4) is 0 Å². The Morgan fingerprint density at radius 2 is 2.12 bits per heavy atom. The fraction of sp³-hybridized carbons (Fsp3) is 0.308. The first-order valence-corrected chi connectivity index (χ1v) is 6.35. The van der Waals surface area contributed by atoms with Crippen molar-refractivity contribution in [3.63, 3.8) is 0 Å². The summed E-state index contributed by atoms with van der Waals surface area (Å²) in [5, 5.41) is 9.34. The van der Waals surface area contributed by atoms with Gasteiger partial charge in [0.15, 0.2) is 0 Å². The van der Waals surface area contributed by atoms with Crippen LogP contribution in [-0.2, 0) is 4.79 Å². The van der Waals surface area contributed by atoms with Crippen LogP contribution in [0.1, 0.15) is 12.0 Å². The number of likely N-dealkylation sites (tertiary alicyclic amines) is 1. The van der Waals surface area contributed by atoms with E-state index in [1.165, 1.54) is 0 Å². The summed E-state index contributed by atoms with van der Waals surface area (Å²) in [4.78, 5) is 13.4. The Bertz CT molecular complexity index is 428. The molecule has 1 aromatic rings. The lowest BCUT2D eigenvalue weighted by Gasteiger charge is -2.12. The maximum Gasteiger partial charge on any atom is 0.246 e. The van der Waals surface area contributed by atoms with Gasteiger partial charge in [-0.3, -0.25) is 4.79 Å². The lowest BCUT2D eigenvalue weighted by Crippen LogP contribution is -2.27. The topological polar surface area (TPSA) is 40.5 Å². The maximum atomic E-state index is 11.7. The standard InChI is InChI=1S/C13H14BrNO2/c14-11-4-1-10(2-5-11)3-6-13(17)15-8-7-12(16)9-15/h1-6,12,16H,7-9H2/t12-/m0/s1. The molecule has 2 rings (SSSR count). The fourth-order valence-electron chi connectivity index (χ4n) is 1.79. The van der Waals surface area contributed by atoms with Crippen LogP contribution in [0.3, 0.4) is 0 Å². The van der Waals surface area contributed by atoms with Crippen molar-refractivity contribution in [2.45, 2.75) is 12.5 Å². The Hall–Kier alpha value is -1.13. The van der Waals surface area contributed by atoms with Gasteiger partial charge in [-0.25, -0.2) is 0 Å². The van der Waals surface area contributed by atoms with Gasteiger partial charge in [0.2, 0.25) is 5.91 Å². The van der Waals surface area contributed by atoms with Crippen LogP contribution in [0.15, 0.2) is 34.8 Å². The second-order valence-corrected chi connectivity index (χ2v) is 5.03. The Kier molecular flexibility index (Phi) is 3.97. The highest BCUT2D eigenvalue weighted by Gasteiger charge is 2.22. The molecule has 1 N–H and O–H groups in total. The first-order chi connectivity index (χ1) is 8.15. The van der Waals surface area contributed by atoms with Gasteiger partial charge in [-0.05, 0) is 30.2 Å². The highest BCUT2D eigenvalue weighted by atomic mass is 79.9. The summed E-state index contributed by atoms with van der Waals surface area (Å²) in [7, 11) is 0. The predicted molar refractivity (Wildman–Crippen MR) is 70.4 cm³/mol. The van der Waals surface area contributed by atoms with Gasteiger partial charge in [-0.15, -0.1) is 0 Å². The molecule has 0 aliphatic carbocycles. The molecule has 90 valence electrons. The third-order valence-corrected chi connectivity index (χ3v) is 3.29. The van der Waals surface area contributed by atoms with E-state index in [1.807, 2.05) is 24.3 Å². The average Bonchev–Trinajstić information content (AvgIpc) is 2.75. The van der Waals surface area contributed by atoms with Gasteiger partial charge >= 0.3 is 0 Å². The van der Waals surface area contributed by atoms with Crippen LogP contribution in [0.2, 0.25) is 0 Å². The smallest absolute Gasteiger partial charge is 0.246 e. The number of β-amino-alcohol motifs (C(OH)–C–C–N with tert-alkyl or cyclic N) is 1. The lowest BCUT2D eigenvalue weighted by molar-refractivity contribution is -0.125. The zero-order valence-electron chi connectivity index (χ0n) is 9.34. The molecule has 1 saturated heterocycles. The molecule has 0 saturated carbocycles. The Morgan fingerprint density at radius 1 is 1.41 bits per heavy atom. The number of carbonyl (C=O) groups excluding carboxylic acids is 1. The minimum Gasteiger partial charge on any atom is -0.391 e. The molecule has 0 aromatic heterocycles. The third-order valence-electron chi connectivity index (χ3n) is 2.76. The Labute approximate surface area is 109 Å². The highest BCUT2D eigenvalue weighted by molar-refractivity contribution is 9.10. The van der Waals surface area contributed by atoms with Crippen LogP contribution in [-0.4, -0.2) is 35.1 Å². The first-order valence-electron chi connectivity index (χ1n) is 5.56. The van der Waals surface area contributed by atoms with E-state index in [0.717, 1.165) is 10.0 Å². The molecule has 1 fully saturated rings. The summed E-state index contributed by atoms with van der Waals surface area (Å²) in [6.07, 6.45) is 3.67. The highest BCUT2D eigenvalue weighted by Crippen LogP contribution is 2.13. The summed E-state index contributed by atoms with van der Waals surface area (Å²) in [5.74, 6) is -0.0375. The number of amides is 1. The molecule has 3 nitrogen and oxygen atoms in total. The van der Waals surface area contributed by atoms with E-state index in [2.05, 4.69) is 15.9 Å². The van der Waals surface area contributed by atoms with Crippen molar-refractivity contribution in [2.75, 3.05) is 13.1 Å². The number of nitrogens with zero attached hydrogens (tertiary/aromatic N) is 1. The molecule has 0 radical (unpaired) electrons. The number of hydrogen-bond donors (Lipinski definition) is 1. The van der Waals surface area contributed by atoms with Crippen molar-refractivity contribution in [2.24, 2.45) is 0 Å². The van der Waals surface area contributed by atoms with Gasteiger partial charge < -0.3 is 10.0 Å². The van der Waals surface area contributed by atoms with Gasteiger partial charge in [0, 0.05) is 23.6 Å². The molecule has 4 heteroatoms. The number of benzene rings is 1. The molecule has 1 amide bonds. The van der Waals surface area contributed by atoms with Crippen LogP contribution in [0.5, 0.6) is 0 Å². The van der Waals surface area contributed by atoms with E-state index in [1.54, 1.807) is 17.1 Å². The van der Waals surface area contributed by atoms with Gasteiger partial charge in [0.25, 0.3) is 0 Å². The van der Waals surface area contributed by atoms with Crippen molar-refractivity contribution in [3.05, 3.63) is 40.4 Å². The van der Waals surface area contributed by atoms with Gasteiger partial charge in [0.1, 0.15) is 0 Å². The SMILES string of the molecule is O=C(C=Cc1ccc(Br)cc1)N1CC[C@H](O)C1. The van der Waals surface area contributed by atoms with E-state index in [0.29, 0.717) is 19.5 Å². The van der Waals surface area contributed by atoms with Crippen LogP contribution in [0.25, 0.3) is 6.08 Å². The van der Waals surface area contributed by atoms with Crippen LogP contribution >= 0.6 is 15.9 Å². The maximum absolute atomic E-state index is 11.7. The van der Waals surface area contributed by atoms with E-state index in [-0.39, 0.29) is 12.0 Å². The molecule has 1 aliphatic rings. The number of aliphatic hydroxyl groups excluding tert-OH is 1. The van der Waals surface area contributed by atoms with E-state index < -0.39 is 0 Å². The van der Waals surface area contributed by atoms with Crippen LogP contribution in [0, 0.1) is 0 Å². The number of carbonyl (C=O) groups is 1. The monoisotopic (exact) mass is 295 g/mol. The summed E-state index contributed by atoms with van der Waals surface area (Å²) in [6, 6.07) is 7.74. The minimum atomic E-state index is -0.361. The van der Waals surface area contributed by atoms with E-state index in [9.17, 15) is 9.90 Å².